The fraction of sp³-hybridized carbons (Fsp3) is 0. The molecule has 6 heteroatoms. The molecule has 0 aliphatic carbocycles. The molecule has 0 fully saturated rings. The molecule has 2 aromatic heterocycles. The number of hydrogen-bond acceptors (Lipinski definition) is 0. The Hall–Kier alpha value is -8.22. The predicted octanol–water partition coefficient (Wildman–Crippen LogP) is 16.3. The van der Waals surface area contributed by atoms with Crippen molar-refractivity contribution in [1.82, 2.24) is 9.13 Å². The van der Waals surface area contributed by atoms with Gasteiger partial charge in [0, 0.05) is 54.9 Å². The third kappa shape index (κ3) is 5.59. The average Bonchev–Trinajstić information content (AvgIpc) is 3.85. The SMILES string of the molecule is Fc1ccccc1-c1c(-c2ccccc2F)n(-c2cc3c4ccccc4c(-n4c(-c5ccccc5F)c(-c5ccccc5F)c5ccccc54)cc3c3ccccc23)c2ccccc12. The first-order valence-corrected chi connectivity index (χ1v) is 21.1. The van der Waals surface area contributed by atoms with Crippen molar-refractivity contribution < 1.29 is 17.6 Å². The zero-order valence-corrected chi connectivity index (χ0v) is 34.0. The minimum Gasteiger partial charge on any atom is -0.308 e. The molecule has 0 spiro atoms. The van der Waals surface area contributed by atoms with E-state index < -0.39 is 23.3 Å². The van der Waals surface area contributed by atoms with Gasteiger partial charge in [-0.15, -0.1) is 0 Å². The number of rotatable bonds is 6. The summed E-state index contributed by atoms with van der Waals surface area (Å²) in [7, 11) is 0. The lowest BCUT2D eigenvalue weighted by Gasteiger charge is -2.21. The summed E-state index contributed by atoms with van der Waals surface area (Å²) in [5.41, 5.74) is 6.83. The Kier molecular flexibility index (Phi) is 8.63. The van der Waals surface area contributed by atoms with Crippen LogP contribution in [0, 0.1) is 23.3 Å². The number of benzene rings is 10. The van der Waals surface area contributed by atoms with E-state index in [1.807, 2.05) is 72.8 Å². The molecule has 2 heterocycles. The second kappa shape index (κ2) is 14.7. The molecule has 0 unspecified atom stereocenters. The molecule has 0 saturated heterocycles. The second-order valence-electron chi connectivity index (χ2n) is 16.0. The Balaban J connectivity index is 1.24. The van der Waals surface area contributed by atoms with Gasteiger partial charge in [-0.1, -0.05) is 146 Å². The molecular formula is C58H34F4N2. The zero-order chi connectivity index (χ0) is 43.1. The highest BCUT2D eigenvalue weighted by Crippen LogP contribution is 2.49. The van der Waals surface area contributed by atoms with Gasteiger partial charge in [0.05, 0.1) is 33.8 Å². The second-order valence-corrected chi connectivity index (χ2v) is 16.0. The molecule has 0 aliphatic heterocycles. The number of fused-ring (bicyclic) bond motifs is 7. The summed E-state index contributed by atoms with van der Waals surface area (Å²) in [6, 6.07) is 62.9. The van der Waals surface area contributed by atoms with Crippen LogP contribution in [0.1, 0.15) is 0 Å². The standard InChI is InChI=1S/C58H34F4N2/c59-47-27-11-5-21-39(47)55-43-25-9-15-31-51(43)63(57(55)41-23-7-13-29-49(41)61)53-34-46-36-18-2-4-20-38(36)54(33-45(46)35-17-1-3-19-37(35)53)64-52-32-16-10-26-44(52)56(40-22-6-12-28-48(40)60)58(64)42-24-8-14-30-50(42)62/h1-34H. The van der Waals surface area contributed by atoms with Crippen molar-refractivity contribution in [2.45, 2.75) is 0 Å². The van der Waals surface area contributed by atoms with E-state index in [0.29, 0.717) is 44.8 Å². The smallest absolute Gasteiger partial charge is 0.132 e. The molecule has 0 amide bonds. The van der Waals surface area contributed by atoms with E-state index in [9.17, 15) is 0 Å². The Bertz CT molecular complexity index is 3610. The molecule has 0 radical (unpaired) electrons. The monoisotopic (exact) mass is 834 g/mol. The van der Waals surface area contributed by atoms with Crippen LogP contribution in [0.5, 0.6) is 0 Å². The van der Waals surface area contributed by atoms with Gasteiger partial charge in [-0.3, -0.25) is 0 Å². The Labute approximate surface area is 365 Å². The van der Waals surface area contributed by atoms with Crippen LogP contribution in [0.25, 0.3) is 110 Å². The summed E-state index contributed by atoms with van der Waals surface area (Å²) < 4.78 is 69.0. The molecule has 12 aromatic rings. The van der Waals surface area contributed by atoms with E-state index in [1.165, 1.54) is 24.3 Å². The Morgan fingerprint density at radius 1 is 0.250 bits per heavy atom. The van der Waals surface area contributed by atoms with Crippen LogP contribution in [-0.4, -0.2) is 9.13 Å². The first-order chi connectivity index (χ1) is 31.5. The van der Waals surface area contributed by atoms with Gasteiger partial charge in [0.1, 0.15) is 23.3 Å². The number of hydrogen-bond donors (Lipinski definition) is 0. The molecule has 64 heavy (non-hydrogen) atoms. The maximum absolute atomic E-state index is 16.3. The van der Waals surface area contributed by atoms with Crippen LogP contribution in [0.4, 0.5) is 17.6 Å². The van der Waals surface area contributed by atoms with Crippen molar-refractivity contribution in [3.63, 3.8) is 0 Å². The lowest BCUT2D eigenvalue weighted by molar-refractivity contribution is 0.628. The van der Waals surface area contributed by atoms with Crippen molar-refractivity contribution >= 4 is 54.1 Å². The van der Waals surface area contributed by atoms with E-state index in [-0.39, 0.29) is 0 Å². The van der Waals surface area contributed by atoms with E-state index in [4.69, 9.17) is 0 Å². The van der Waals surface area contributed by atoms with Crippen molar-refractivity contribution in [1.29, 1.82) is 0 Å². The molecule has 10 aromatic carbocycles. The first-order valence-electron chi connectivity index (χ1n) is 21.1. The van der Waals surface area contributed by atoms with Gasteiger partial charge in [0.25, 0.3) is 0 Å². The van der Waals surface area contributed by atoms with E-state index in [2.05, 4.69) is 45.5 Å². The third-order valence-electron chi connectivity index (χ3n) is 12.6. The normalized spacial score (nSPS) is 11.8. The van der Waals surface area contributed by atoms with Gasteiger partial charge in [-0.2, -0.15) is 0 Å². The molecule has 0 atom stereocenters. The lowest BCUT2D eigenvalue weighted by Crippen LogP contribution is -2.03. The number of halogens is 4. The highest BCUT2D eigenvalue weighted by atomic mass is 19.1. The summed E-state index contributed by atoms with van der Waals surface area (Å²) in [5, 5.41) is 7.02. The van der Waals surface area contributed by atoms with Crippen LogP contribution in [0.15, 0.2) is 206 Å². The van der Waals surface area contributed by atoms with E-state index >= 15 is 17.6 Å². The summed E-state index contributed by atoms with van der Waals surface area (Å²) in [4.78, 5) is 0. The van der Waals surface area contributed by atoms with Gasteiger partial charge in [-0.05, 0) is 82.2 Å². The number of para-hydroxylation sites is 2. The van der Waals surface area contributed by atoms with Gasteiger partial charge < -0.3 is 9.13 Å². The van der Waals surface area contributed by atoms with Crippen molar-refractivity contribution in [2.24, 2.45) is 0 Å². The zero-order valence-electron chi connectivity index (χ0n) is 34.0. The topological polar surface area (TPSA) is 9.86 Å². The van der Waals surface area contributed by atoms with Crippen LogP contribution in [0.3, 0.4) is 0 Å². The largest absolute Gasteiger partial charge is 0.308 e. The lowest BCUT2D eigenvalue weighted by atomic mass is 9.93. The fourth-order valence-corrected chi connectivity index (χ4v) is 9.95. The maximum atomic E-state index is 16.3. The fourth-order valence-electron chi connectivity index (χ4n) is 9.95. The van der Waals surface area contributed by atoms with Gasteiger partial charge in [0.2, 0.25) is 0 Å². The Morgan fingerprint density at radius 2 is 0.531 bits per heavy atom. The van der Waals surface area contributed by atoms with Crippen LogP contribution >= 0.6 is 0 Å². The van der Waals surface area contributed by atoms with Gasteiger partial charge in [0.15, 0.2) is 0 Å². The summed E-state index contributed by atoms with van der Waals surface area (Å²) in [6.07, 6.45) is 0. The number of aromatic nitrogens is 2. The molecule has 0 bridgehead atoms. The van der Waals surface area contributed by atoms with Gasteiger partial charge in [-0.25, -0.2) is 17.6 Å². The highest BCUT2D eigenvalue weighted by Gasteiger charge is 2.28. The van der Waals surface area contributed by atoms with Gasteiger partial charge >= 0.3 is 0 Å². The average molecular weight is 835 g/mol. The summed E-state index contributed by atoms with van der Waals surface area (Å²) in [5.74, 6) is -1.67. The summed E-state index contributed by atoms with van der Waals surface area (Å²) >= 11 is 0. The molecule has 12 rings (SSSR count). The van der Waals surface area contributed by atoms with E-state index in [0.717, 1.165) is 65.5 Å². The maximum Gasteiger partial charge on any atom is 0.132 e. The molecule has 2 nitrogen and oxygen atoms in total. The van der Waals surface area contributed by atoms with E-state index in [1.54, 1.807) is 72.8 Å². The first kappa shape index (κ1) is 37.5. The molecular weight excluding hydrogens is 801 g/mol. The third-order valence-corrected chi connectivity index (χ3v) is 12.6. The number of nitrogens with zero attached hydrogens (tertiary/aromatic N) is 2. The van der Waals surface area contributed by atoms with Crippen molar-refractivity contribution in [3.05, 3.63) is 230 Å². The highest BCUT2D eigenvalue weighted by molar-refractivity contribution is 6.23. The quantitative estimate of drug-likeness (QED) is 0.117. The summed E-state index contributed by atoms with van der Waals surface area (Å²) in [6.45, 7) is 0. The molecule has 304 valence electrons. The van der Waals surface area contributed by atoms with Crippen molar-refractivity contribution in [2.75, 3.05) is 0 Å². The van der Waals surface area contributed by atoms with Crippen LogP contribution in [0.2, 0.25) is 0 Å². The predicted molar refractivity (Wildman–Crippen MR) is 254 cm³/mol. The molecule has 0 N–H and O–H groups in total. The van der Waals surface area contributed by atoms with Crippen molar-refractivity contribution in [3.8, 4) is 56.1 Å². The minimum atomic E-state index is -0.427. The molecule has 0 aliphatic rings. The Morgan fingerprint density at radius 3 is 0.891 bits per heavy atom. The minimum absolute atomic E-state index is 0.340. The van der Waals surface area contributed by atoms with Crippen LogP contribution < -0.4 is 0 Å². The van der Waals surface area contributed by atoms with Crippen LogP contribution in [-0.2, 0) is 0 Å². The molecule has 0 saturated carbocycles.